The van der Waals surface area contributed by atoms with Crippen LogP contribution >= 0.6 is 11.6 Å². The first-order valence-corrected chi connectivity index (χ1v) is 10.1. The molecule has 0 spiro atoms. The summed E-state index contributed by atoms with van der Waals surface area (Å²) in [5.41, 5.74) is 0.253. The second-order valence-corrected chi connectivity index (χ2v) is 8.58. The summed E-state index contributed by atoms with van der Waals surface area (Å²) in [6.45, 7) is 3.53. The molecule has 1 aromatic rings. The molecule has 1 saturated heterocycles. The normalized spacial score (nSPS) is 18.5. The van der Waals surface area contributed by atoms with Gasteiger partial charge in [-0.25, -0.2) is 12.8 Å². The van der Waals surface area contributed by atoms with Gasteiger partial charge in [-0.05, 0) is 37.0 Å². The molecule has 0 N–H and O–H groups in total. The highest BCUT2D eigenvalue weighted by Gasteiger charge is 2.24. The summed E-state index contributed by atoms with van der Waals surface area (Å²) in [6.07, 6.45) is 3.20. The van der Waals surface area contributed by atoms with E-state index in [2.05, 4.69) is 6.92 Å². The zero-order chi connectivity index (χ0) is 17.9. The molecule has 134 valence electrons. The fourth-order valence-corrected chi connectivity index (χ4v) is 3.99. The van der Waals surface area contributed by atoms with Gasteiger partial charge < -0.3 is 4.90 Å². The van der Waals surface area contributed by atoms with Crippen LogP contribution in [0.25, 0.3) is 0 Å². The van der Waals surface area contributed by atoms with Crippen LogP contribution in [0.3, 0.4) is 0 Å². The van der Waals surface area contributed by atoms with Crippen LogP contribution in [0, 0.1) is 11.7 Å². The van der Waals surface area contributed by atoms with Crippen LogP contribution < -0.4 is 4.31 Å². The molecule has 1 unspecified atom stereocenters. The summed E-state index contributed by atoms with van der Waals surface area (Å²) in [5, 5.41) is -0.155. The molecule has 0 radical (unpaired) electrons. The molecular formula is C16H22ClFN2O3S. The average molecular weight is 377 g/mol. The van der Waals surface area contributed by atoms with E-state index in [-0.39, 0.29) is 29.6 Å². The molecule has 0 aliphatic carbocycles. The number of sulfonamides is 1. The molecular weight excluding hydrogens is 355 g/mol. The second kappa shape index (κ2) is 7.70. The number of hydrogen-bond donors (Lipinski definition) is 0. The summed E-state index contributed by atoms with van der Waals surface area (Å²) in [7, 11) is -3.60. The number of rotatable bonds is 5. The zero-order valence-corrected chi connectivity index (χ0v) is 15.4. The van der Waals surface area contributed by atoms with Crippen molar-refractivity contribution in [3.63, 3.8) is 0 Å². The Hall–Kier alpha value is -1.34. The van der Waals surface area contributed by atoms with E-state index in [1.807, 2.05) is 0 Å². The number of halogens is 2. The maximum Gasteiger partial charge on any atom is 0.232 e. The van der Waals surface area contributed by atoms with E-state index >= 15 is 0 Å². The van der Waals surface area contributed by atoms with Crippen LogP contribution in [0.4, 0.5) is 10.1 Å². The molecule has 1 aliphatic heterocycles. The lowest BCUT2D eigenvalue weighted by molar-refractivity contribution is -0.132. The van der Waals surface area contributed by atoms with E-state index in [1.54, 1.807) is 4.90 Å². The van der Waals surface area contributed by atoms with Crippen molar-refractivity contribution in [1.82, 2.24) is 4.90 Å². The van der Waals surface area contributed by atoms with Gasteiger partial charge in [-0.2, -0.15) is 0 Å². The van der Waals surface area contributed by atoms with Gasteiger partial charge >= 0.3 is 0 Å². The average Bonchev–Trinajstić information content (AvgIpc) is 2.49. The fraction of sp³-hybridized carbons (Fsp3) is 0.562. The number of piperidine rings is 1. The van der Waals surface area contributed by atoms with Gasteiger partial charge in [0, 0.05) is 26.1 Å². The molecule has 1 aromatic carbocycles. The SMILES string of the molecule is CC1CCCN(C(=O)CCN(c2ccc(F)c(Cl)c2)S(C)(=O)=O)C1. The number of benzene rings is 1. The Kier molecular flexibility index (Phi) is 6.09. The summed E-state index contributed by atoms with van der Waals surface area (Å²) in [6, 6.07) is 3.71. The van der Waals surface area contributed by atoms with Gasteiger partial charge in [-0.1, -0.05) is 18.5 Å². The highest BCUT2D eigenvalue weighted by atomic mass is 35.5. The third-order valence-electron chi connectivity index (χ3n) is 4.13. The van der Waals surface area contributed by atoms with Gasteiger partial charge in [0.05, 0.1) is 17.0 Å². The van der Waals surface area contributed by atoms with Gasteiger partial charge in [-0.15, -0.1) is 0 Å². The standard InChI is InChI=1S/C16H22ClFN2O3S/c1-12-4-3-8-19(11-12)16(21)7-9-20(24(2,22)23)13-5-6-15(18)14(17)10-13/h5-6,10,12H,3-4,7-9,11H2,1-2H3. The molecule has 1 atom stereocenters. The number of nitrogens with zero attached hydrogens (tertiary/aromatic N) is 2. The number of amides is 1. The van der Waals surface area contributed by atoms with Crippen LogP contribution in [-0.4, -0.2) is 45.1 Å². The molecule has 2 rings (SSSR count). The Bertz CT molecular complexity index is 711. The Labute approximate surface area is 147 Å². The van der Waals surface area contributed by atoms with Crippen LogP contribution in [0.2, 0.25) is 5.02 Å². The van der Waals surface area contributed by atoms with Crippen molar-refractivity contribution in [2.45, 2.75) is 26.2 Å². The first kappa shape index (κ1) is 19.0. The quantitative estimate of drug-likeness (QED) is 0.793. The minimum atomic E-state index is -3.60. The van der Waals surface area contributed by atoms with Crippen LogP contribution in [0.5, 0.6) is 0 Å². The molecule has 1 heterocycles. The summed E-state index contributed by atoms with van der Waals surface area (Å²) < 4.78 is 38.4. The van der Waals surface area contributed by atoms with E-state index in [1.165, 1.54) is 12.1 Å². The van der Waals surface area contributed by atoms with Crippen molar-refractivity contribution in [3.8, 4) is 0 Å². The van der Waals surface area contributed by atoms with Crippen molar-refractivity contribution in [2.24, 2.45) is 5.92 Å². The van der Waals surface area contributed by atoms with Gasteiger partial charge in [0.2, 0.25) is 15.9 Å². The minimum absolute atomic E-state index is 0.00447. The van der Waals surface area contributed by atoms with Gasteiger partial charge in [0.1, 0.15) is 5.82 Å². The number of anilines is 1. The van der Waals surface area contributed by atoms with E-state index in [0.29, 0.717) is 19.0 Å². The maximum absolute atomic E-state index is 13.3. The summed E-state index contributed by atoms with van der Waals surface area (Å²) in [5.74, 6) is -0.222. The van der Waals surface area contributed by atoms with Gasteiger partial charge in [-0.3, -0.25) is 9.10 Å². The van der Waals surface area contributed by atoms with Crippen molar-refractivity contribution < 1.29 is 17.6 Å². The van der Waals surface area contributed by atoms with Crippen molar-refractivity contribution in [1.29, 1.82) is 0 Å². The molecule has 24 heavy (non-hydrogen) atoms. The lowest BCUT2D eigenvalue weighted by Gasteiger charge is -2.32. The maximum atomic E-state index is 13.3. The summed E-state index contributed by atoms with van der Waals surface area (Å²) >= 11 is 5.74. The minimum Gasteiger partial charge on any atom is -0.342 e. The highest BCUT2D eigenvalue weighted by molar-refractivity contribution is 7.92. The van der Waals surface area contributed by atoms with Gasteiger partial charge in [0.15, 0.2) is 0 Å². The molecule has 5 nitrogen and oxygen atoms in total. The monoisotopic (exact) mass is 376 g/mol. The third-order valence-corrected chi connectivity index (χ3v) is 5.61. The lowest BCUT2D eigenvalue weighted by Crippen LogP contribution is -2.41. The zero-order valence-electron chi connectivity index (χ0n) is 13.8. The molecule has 8 heteroatoms. The molecule has 0 saturated carbocycles. The van der Waals surface area contributed by atoms with Crippen LogP contribution in [0.15, 0.2) is 18.2 Å². The molecule has 1 fully saturated rings. The lowest BCUT2D eigenvalue weighted by atomic mass is 10.00. The largest absolute Gasteiger partial charge is 0.342 e. The molecule has 0 bridgehead atoms. The molecule has 1 amide bonds. The second-order valence-electron chi connectivity index (χ2n) is 6.27. The Morgan fingerprint density at radius 3 is 2.75 bits per heavy atom. The number of hydrogen-bond acceptors (Lipinski definition) is 3. The number of carbonyl (C=O) groups excluding carboxylic acids is 1. The Balaban J connectivity index is 2.09. The first-order valence-electron chi connectivity index (χ1n) is 7.89. The molecule has 1 aliphatic rings. The van der Waals surface area contributed by atoms with E-state index < -0.39 is 15.8 Å². The van der Waals surface area contributed by atoms with E-state index in [9.17, 15) is 17.6 Å². The third kappa shape index (κ3) is 4.83. The number of carbonyl (C=O) groups is 1. The van der Waals surface area contributed by atoms with Crippen LogP contribution in [-0.2, 0) is 14.8 Å². The highest BCUT2D eigenvalue weighted by Crippen LogP contribution is 2.25. The summed E-state index contributed by atoms with van der Waals surface area (Å²) in [4.78, 5) is 14.1. The predicted octanol–water partition coefficient (Wildman–Crippen LogP) is 2.89. The molecule has 0 aromatic heterocycles. The Morgan fingerprint density at radius 1 is 1.46 bits per heavy atom. The fourth-order valence-electron chi connectivity index (χ4n) is 2.90. The Morgan fingerprint density at radius 2 is 2.17 bits per heavy atom. The van der Waals surface area contributed by atoms with Crippen LogP contribution in [0.1, 0.15) is 26.2 Å². The topological polar surface area (TPSA) is 57.7 Å². The van der Waals surface area contributed by atoms with E-state index in [0.717, 1.165) is 29.5 Å². The smallest absolute Gasteiger partial charge is 0.232 e. The van der Waals surface area contributed by atoms with Crippen molar-refractivity contribution in [3.05, 3.63) is 29.0 Å². The van der Waals surface area contributed by atoms with E-state index in [4.69, 9.17) is 11.6 Å². The first-order chi connectivity index (χ1) is 11.2. The number of likely N-dealkylation sites (tertiary alicyclic amines) is 1. The van der Waals surface area contributed by atoms with Crippen molar-refractivity contribution >= 4 is 33.2 Å². The van der Waals surface area contributed by atoms with Crippen molar-refractivity contribution in [2.75, 3.05) is 30.2 Å². The van der Waals surface area contributed by atoms with Gasteiger partial charge in [0.25, 0.3) is 0 Å². The predicted molar refractivity (Wildman–Crippen MR) is 93.2 cm³/mol.